The van der Waals surface area contributed by atoms with E-state index in [1.54, 1.807) is 48.5 Å². The minimum atomic E-state index is -3.64. The number of nitrogens with zero attached hydrogens (tertiary/aromatic N) is 1. The highest BCUT2D eigenvalue weighted by molar-refractivity contribution is 7.92. The number of hydrogen-bond acceptors (Lipinski definition) is 4. The number of para-hydroxylation sites is 1. The van der Waals surface area contributed by atoms with Gasteiger partial charge in [-0.05, 0) is 36.4 Å². The Bertz CT molecular complexity index is 1000. The predicted octanol–water partition coefficient (Wildman–Crippen LogP) is 3.81. The molecule has 0 aliphatic rings. The number of carbonyl (C=O) groups excluding carboxylic acids is 1. The Morgan fingerprint density at radius 1 is 0.852 bits per heavy atom. The van der Waals surface area contributed by atoms with Crippen LogP contribution in [0, 0.1) is 0 Å². The molecule has 0 unspecified atom stereocenters. The van der Waals surface area contributed by atoms with Crippen LogP contribution in [-0.4, -0.2) is 27.8 Å². The van der Waals surface area contributed by atoms with Crippen LogP contribution >= 0.6 is 0 Å². The summed E-state index contributed by atoms with van der Waals surface area (Å²) in [6.07, 6.45) is 0. The molecule has 27 heavy (non-hydrogen) atoms. The highest BCUT2D eigenvalue weighted by Crippen LogP contribution is 2.22. The molecule has 5 nitrogen and oxygen atoms in total. The number of carbonyl (C=O) groups is 1. The van der Waals surface area contributed by atoms with Gasteiger partial charge in [-0.3, -0.25) is 9.10 Å². The van der Waals surface area contributed by atoms with Gasteiger partial charge in [-0.2, -0.15) is 0 Å². The van der Waals surface area contributed by atoms with Gasteiger partial charge in [0, 0.05) is 18.3 Å². The maximum atomic E-state index is 12.7. The molecule has 0 atom stereocenters. The van der Waals surface area contributed by atoms with Crippen LogP contribution in [-0.2, 0) is 10.0 Å². The second-order valence-electron chi connectivity index (χ2n) is 5.98. The molecule has 0 bridgehead atoms. The highest BCUT2D eigenvalue weighted by atomic mass is 32.2. The first kappa shape index (κ1) is 18.7. The van der Waals surface area contributed by atoms with Gasteiger partial charge in [-0.25, -0.2) is 8.42 Å². The van der Waals surface area contributed by atoms with Gasteiger partial charge in [0.15, 0.2) is 5.78 Å². The molecule has 0 saturated carbocycles. The summed E-state index contributed by atoms with van der Waals surface area (Å²) in [6.45, 7) is 0.139. The Hall–Kier alpha value is -3.12. The minimum absolute atomic E-state index is 0.0314. The summed E-state index contributed by atoms with van der Waals surface area (Å²) in [5.41, 5.74) is 1.91. The van der Waals surface area contributed by atoms with Crippen molar-refractivity contribution < 1.29 is 13.2 Å². The number of Topliss-reactive ketones (excluding diaryl/α,β-unsaturated/α-hetero) is 1. The second kappa shape index (κ2) is 8.05. The molecule has 0 saturated heterocycles. The van der Waals surface area contributed by atoms with E-state index < -0.39 is 10.0 Å². The molecule has 3 aromatic rings. The number of ketones is 1. The van der Waals surface area contributed by atoms with E-state index in [1.165, 1.54) is 23.5 Å². The Labute approximate surface area is 159 Å². The van der Waals surface area contributed by atoms with Crippen molar-refractivity contribution in [2.75, 3.05) is 23.2 Å². The summed E-state index contributed by atoms with van der Waals surface area (Å²) < 4.78 is 26.7. The Morgan fingerprint density at radius 3 is 2.00 bits per heavy atom. The Balaban J connectivity index is 1.69. The van der Waals surface area contributed by atoms with E-state index in [9.17, 15) is 13.2 Å². The first-order chi connectivity index (χ1) is 13.0. The number of sulfonamides is 1. The average Bonchev–Trinajstić information content (AvgIpc) is 2.73. The molecule has 3 aromatic carbocycles. The van der Waals surface area contributed by atoms with E-state index in [1.807, 2.05) is 24.3 Å². The van der Waals surface area contributed by atoms with Crippen molar-refractivity contribution in [3.8, 4) is 0 Å². The van der Waals surface area contributed by atoms with Gasteiger partial charge >= 0.3 is 0 Å². The number of nitrogens with one attached hydrogen (secondary N) is 1. The fourth-order valence-corrected chi connectivity index (χ4v) is 3.78. The maximum Gasteiger partial charge on any atom is 0.264 e. The summed E-state index contributed by atoms with van der Waals surface area (Å²) in [7, 11) is -2.12. The van der Waals surface area contributed by atoms with Crippen LogP contribution in [0.2, 0.25) is 0 Å². The zero-order valence-electron chi connectivity index (χ0n) is 14.9. The molecule has 0 aliphatic heterocycles. The van der Waals surface area contributed by atoms with Crippen LogP contribution < -0.4 is 9.62 Å². The lowest BCUT2D eigenvalue weighted by atomic mass is 10.1. The van der Waals surface area contributed by atoms with E-state index >= 15 is 0 Å². The van der Waals surface area contributed by atoms with Crippen molar-refractivity contribution in [3.63, 3.8) is 0 Å². The average molecular weight is 380 g/mol. The molecule has 138 valence electrons. The normalized spacial score (nSPS) is 11.0. The Morgan fingerprint density at radius 2 is 1.41 bits per heavy atom. The minimum Gasteiger partial charge on any atom is -0.378 e. The van der Waals surface area contributed by atoms with Crippen LogP contribution in [0.3, 0.4) is 0 Å². The van der Waals surface area contributed by atoms with Crippen molar-refractivity contribution >= 4 is 27.2 Å². The monoisotopic (exact) mass is 380 g/mol. The molecular formula is C21H20N2O3S. The quantitative estimate of drug-likeness (QED) is 0.633. The third-order valence-electron chi connectivity index (χ3n) is 4.18. The third-order valence-corrected chi connectivity index (χ3v) is 5.98. The number of rotatable bonds is 7. The zero-order chi connectivity index (χ0) is 19.3. The summed E-state index contributed by atoms with van der Waals surface area (Å²) >= 11 is 0. The van der Waals surface area contributed by atoms with E-state index in [4.69, 9.17) is 0 Å². The van der Waals surface area contributed by atoms with Gasteiger partial charge in [0.1, 0.15) is 0 Å². The molecule has 0 aromatic heterocycles. The number of hydrogen-bond donors (Lipinski definition) is 1. The second-order valence-corrected chi connectivity index (χ2v) is 7.94. The summed E-state index contributed by atoms with van der Waals surface area (Å²) in [4.78, 5) is 12.3. The predicted molar refractivity (Wildman–Crippen MR) is 108 cm³/mol. The van der Waals surface area contributed by atoms with Gasteiger partial charge in [0.2, 0.25) is 0 Å². The molecular weight excluding hydrogens is 360 g/mol. The lowest BCUT2D eigenvalue weighted by molar-refractivity contribution is 0.101. The molecule has 0 heterocycles. The molecule has 3 rings (SSSR count). The van der Waals surface area contributed by atoms with Crippen LogP contribution in [0.1, 0.15) is 10.4 Å². The van der Waals surface area contributed by atoms with Crippen LogP contribution in [0.15, 0.2) is 89.8 Å². The van der Waals surface area contributed by atoms with Crippen LogP contribution in [0.4, 0.5) is 11.4 Å². The van der Waals surface area contributed by atoms with Gasteiger partial charge in [0.25, 0.3) is 10.0 Å². The van der Waals surface area contributed by atoms with Crippen molar-refractivity contribution in [1.82, 2.24) is 0 Å². The van der Waals surface area contributed by atoms with E-state index in [2.05, 4.69) is 5.32 Å². The standard InChI is InChI=1S/C21H20N2O3S/c1-23(19-10-6-3-7-11-19)27(25,26)20-14-12-18(13-15-20)22-16-21(24)17-8-4-2-5-9-17/h2-15,22H,16H2,1H3. The van der Waals surface area contributed by atoms with Gasteiger partial charge in [-0.1, -0.05) is 48.5 Å². The van der Waals surface area contributed by atoms with Crippen molar-refractivity contribution in [3.05, 3.63) is 90.5 Å². The Kier molecular flexibility index (Phi) is 5.57. The zero-order valence-corrected chi connectivity index (χ0v) is 15.7. The summed E-state index contributed by atoms with van der Waals surface area (Å²) in [5, 5.41) is 3.02. The summed E-state index contributed by atoms with van der Waals surface area (Å²) in [6, 6.07) is 24.3. The first-order valence-corrected chi connectivity index (χ1v) is 9.88. The lowest BCUT2D eigenvalue weighted by Crippen LogP contribution is -2.26. The van der Waals surface area contributed by atoms with Crippen molar-refractivity contribution in [1.29, 1.82) is 0 Å². The van der Waals surface area contributed by atoms with E-state index in [0.717, 1.165) is 0 Å². The van der Waals surface area contributed by atoms with Crippen molar-refractivity contribution in [2.45, 2.75) is 4.90 Å². The smallest absolute Gasteiger partial charge is 0.264 e. The number of benzene rings is 3. The topological polar surface area (TPSA) is 66.5 Å². The molecule has 6 heteroatoms. The molecule has 0 spiro atoms. The van der Waals surface area contributed by atoms with Gasteiger partial charge in [-0.15, -0.1) is 0 Å². The van der Waals surface area contributed by atoms with E-state index in [-0.39, 0.29) is 17.2 Å². The molecule has 0 radical (unpaired) electrons. The molecule has 1 N–H and O–H groups in total. The largest absolute Gasteiger partial charge is 0.378 e. The molecule has 0 aliphatic carbocycles. The summed E-state index contributed by atoms with van der Waals surface area (Å²) in [5.74, 6) is -0.0314. The SMILES string of the molecule is CN(c1ccccc1)S(=O)(=O)c1ccc(NCC(=O)c2ccccc2)cc1. The van der Waals surface area contributed by atoms with Gasteiger partial charge < -0.3 is 5.32 Å². The van der Waals surface area contributed by atoms with Crippen molar-refractivity contribution in [2.24, 2.45) is 0 Å². The maximum absolute atomic E-state index is 12.7. The fourth-order valence-electron chi connectivity index (χ4n) is 2.59. The third kappa shape index (κ3) is 4.35. The fraction of sp³-hybridized carbons (Fsp3) is 0.0952. The molecule has 0 amide bonds. The number of anilines is 2. The van der Waals surface area contributed by atoms with Gasteiger partial charge in [0.05, 0.1) is 17.1 Å². The van der Waals surface area contributed by atoms with Crippen LogP contribution in [0.25, 0.3) is 0 Å². The van der Waals surface area contributed by atoms with Crippen LogP contribution in [0.5, 0.6) is 0 Å². The molecule has 0 fully saturated rings. The van der Waals surface area contributed by atoms with E-state index in [0.29, 0.717) is 16.9 Å². The highest BCUT2D eigenvalue weighted by Gasteiger charge is 2.20. The lowest BCUT2D eigenvalue weighted by Gasteiger charge is -2.19. The first-order valence-electron chi connectivity index (χ1n) is 8.44.